The molecule has 19 heavy (non-hydrogen) atoms. The predicted octanol–water partition coefficient (Wildman–Crippen LogP) is 2.11. The molecule has 0 spiro atoms. The van der Waals surface area contributed by atoms with Crippen LogP contribution in [0.4, 0.5) is 0 Å². The third-order valence-electron chi connectivity index (χ3n) is 2.95. The molecule has 3 N–H and O–H groups in total. The second kappa shape index (κ2) is 5.99. The minimum Gasteiger partial charge on any atom is -0.409 e. The highest BCUT2D eigenvalue weighted by Gasteiger charge is 2.12. The molecule has 1 unspecified atom stereocenters. The highest BCUT2D eigenvalue weighted by Crippen LogP contribution is 2.22. The normalized spacial score (nSPS) is 14.2. The highest BCUT2D eigenvalue weighted by molar-refractivity contribution is 7.18. The van der Waals surface area contributed by atoms with Crippen molar-refractivity contribution in [3.05, 3.63) is 29.3 Å². The van der Waals surface area contributed by atoms with Gasteiger partial charge in [0.05, 0.1) is 16.8 Å². The van der Waals surface area contributed by atoms with Crippen LogP contribution in [0.1, 0.15) is 11.9 Å². The quantitative estimate of drug-likeness (QED) is 0.380. The number of aromatic nitrogens is 1. The molecular formula is C13H18N4OS. The fourth-order valence-electron chi connectivity index (χ4n) is 1.94. The molecule has 0 radical (unpaired) electrons. The molecule has 1 heterocycles. The van der Waals surface area contributed by atoms with E-state index in [9.17, 15) is 0 Å². The fraction of sp³-hybridized carbons (Fsp3) is 0.385. The lowest BCUT2D eigenvalue weighted by atomic mass is 10.1. The van der Waals surface area contributed by atoms with Crippen LogP contribution in [0.3, 0.4) is 0 Å². The molecule has 0 aliphatic carbocycles. The largest absolute Gasteiger partial charge is 0.409 e. The van der Waals surface area contributed by atoms with Gasteiger partial charge in [0, 0.05) is 12.5 Å². The molecule has 0 saturated heterocycles. The molecule has 0 aliphatic rings. The van der Waals surface area contributed by atoms with Gasteiger partial charge in [-0.3, -0.25) is 4.90 Å². The lowest BCUT2D eigenvalue weighted by molar-refractivity contribution is 0.290. The summed E-state index contributed by atoms with van der Waals surface area (Å²) in [5, 5.41) is 12.8. The maximum Gasteiger partial charge on any atom is 0.143 e. The van der Waals surface area contributed by atoms with Gasteiger partial charge in [0.2, 0.25) is 0 Å². The third-order valence-corrected chi connectivity index (χ3v) is 3.97. The van der Waals surface area contributed by atoms with Crippen molar-refractivity contribution in [3.63, 3.8) is 0 Å². The first-order chi connectivity index (χ1) is 9.10. The van der Waals surface area contributed by atoms with Crippen LogP contribution in [0.15, 0.2) is 29.4 Å². The molecule has 6 heteroatoms. The van der Waals surface area contributed by atoms with E-state index < -0.39 is 0 Å². The van der Waals surface area contributed by atoms with E-state index in [0.29, 0.717) is 0 Å². The summed E-state index contributed by atoms with van der Waals surface area (Å²) in [6.07, 6.45) is 0. The maximum absolute atomic E-state index is 8.64. The first-order valence-corrected chi connectivity index (χ1v) is 6.92. The zero-order chi connectivity index (χ0) is 13.8. The number of fused-ring (bicyclic) bond motifs is 1. The Bertz CT molecular complexity index is 548. The summed E-state index contributed by atoms with van der Waals surface area (Å²) in [5.41, 5.74) is 6.62. The molecule has 0 bridgehead atoms. The van der Waals surface area contributed by atoms with Crippen molar-refractivity contribution < 1.29 is 5.21 Å². The Morgan fingerprint density at radius 1 is 1.53 bits per heavy atom. The molecule has 1 aromatic carbocycles. The van der Waals surface area contributed by atoms with Crippen LogP contribution in [0.25, 0.3) is 10.2 Å². The van der Waals surface area contributed by atoms with Crippen LogP contribution in [0.5, 0.6) is 0 Å². The van der Waals surface area contributed by atoms with Gasteiger partial charge in [-0.15, -0.1) is 11.3 Å². The smallest absolute Gasteiger partial charge is 0.143 e. The molecule has 0 fully saturated rings. The molecule has 1 atom stereocenters. The van der Waals surface area contributed by atoms with Gasteiger partial charge in [-0.25, -0.2) is 4.98 Å². The number of nitrogens with two attached hydrogens (primary N) is 1. The van der Waals surface area contributed by atoms with Gasteiger partial charge in [-0.2, -0.15) is 0 Å². The summed E-state index contributed by atoms with van der Waals surface area (Å²) < 4.78 is 1.20. The maximum atomic E-state index is 8.64. The zero-order valence-electron chi connectivity index (χ0n) is 11.1. The molecule has 2 aromatic rings. The topological polar surface area (TPSA) is 74.7 Å². The van der Waals surface area contributed by atoms with Crippen LogP contribution >= 0.6 is 11.3 Å². The van der Waals surface area contributed by atoms with E-state index in [1.807, 2.05) is 32.2 Å². The van der Waals surface area contributed by atoms with Gasteiger partial charge in [0.15, 0.2) is 0 Å². The van der Waals surface area contributed by atoms with E-state index in [2.05, 4.69) is 21.1 Å². The van der Waals surface area contributed by atoms with Crippen LogP contribution < -0.4 is 5.73 Å². The standard InChI is InChI=1S/C13H18N4OS/c1-9(13(14)16-18)7-17(2)8-12-15-10-5-3-4-6-11(10)19-12/h3-6,9,18H,7-8H2,1-2H3,(H2,14,16). The number of amidine groups is 1. The van der Waals surface area contributed by atoms with E-state index in [0.717, 1.165) is 23.6 Å². The Kier molecular flexibility index (Phi) is 4.34. The van der Waals surface area contributed by atoms with Gasteiger partial charge < -0.3 is 10.9 Å². The van der Waals surface area contributed by atoms with E-state index in [4.69, 9.17) is 10.9 Å². The van der Waals surface area contributed by atoms with Crippen molar-refractivity contribution in [1.29, 1.82) is 0 Å². The SMILES string of the molecule is CC(CN(C)Cc1nc2ccccc2s1)/C(N)=N/O. The van der Waals surface area contributed by atoms with Crippen LogP contribution in [0, 0.1) is 5.92 Å². The van der Waals surface area contributed by atoms with E-state index in [-0.39, 0.29) is 11.8 Å². The minimum absolute atomic E-state index is 0.0179. The Morgan fingerprint density at radius 3 is 2.95 bits per heavy atom. The summed E-state index contributed by atoms with van der Waals surface area (Å²) in [4.78, 5) is 6.72. The number of oxime groups is 1. The summed E-state index contributed by atoms with van der Waals surface area (Å²) in [7, 11) is 2.01. The van der Waals surface area contributed by atoms with Crippen molar-refractivity contribution in [2.45, 2.75) is 13.5 Å². The minimum atomic E-state index is 0.0179. The zero-order valence-corrected chi connectivity index (χ0v) is 11.9. The average Bonchev–Trinajstić information content (AvgIpc) is 2.79. The van der Waals surface area contributed by atoms with E-state index >= 15 is 0 Å². The number of benzene rings is 1. The second-order valence-corrected chi connectivity index (χ2v) is 5.81. The van der Waals surface area contributed by atoms with Crippen LogP contribution in [-0.4, -0.2) is 34.5 Å². The molecule has 5 nitrogen and oxygen atoms in total. The molecule has 2 rings (SSSR count). The Labute approximate surface area is 116 Å². The monoisotopic (exact) mass is 278 g/mol. The van der Waals surface area contributed by atoms with Gasteiger partial charge >= 0.3 is 0 Å². The highest BCUT2D eigenvalue weighted by atomic mass is 32.1. The number of nitrogens with zero attached hydrogens (tertiary/aromatic N) is 3. The molecule has 1 aromatic heterocycles. The van der Waals surface area contributed by atoms with Gasteiger partial charge in [0.1, 0.15) is 10.8 Å². The van der Waals surface area contributed by atoms with Gasteiger partial charge in [0.25, 0.3) is 0 Å². The average molecular weight is 278 g/mol. The first kappa shape index (κ1) is 13.8. The summed E-state index contributed by atoms with van der Waals surface area (Å²) >= 11 is 1.70. The number of rotatable bonds is 5. The summed E-state index contributed by atoms with van der Waals surface area (Å²) in [6.45, 7) is 3.43. The molecule has 0 aliphatic heterocycles. The van der Waals surface area contributed by atoms with E-state index in [1.165, 1.54) is 4.70 Å². The van der Waals surface area contributed by atoms with Crippen molar-refractivity contribution in [2.24, 2.45) is 16.8 Å². The number of hydrogen-bond donors (Lipinski definition) is 2. The summed E-state index contributed by atoms with van der Waals surface area (Å²) in [5.74, 6) is 0.278. The lowest BCUT2D eigenvalue weighted by Gasteiger charge is -2.19. The Morgan fingerprint density at radius 2 is 2.26 bits per heavy atom. The second-order valence-electron chi connectivity index (χ2n) is 4.70. The van der Waals surface area contributed by atoms with Crippen molar-refractivity contribution in [2.75, 3.05) is 13.6 Å². The van der Waals surface area contributed by atoms with Crippen LogP contribution in [-0.2, 0) is 6.54 Å². The number of hydrogen-bond acceptors (Lipinski definition) is 5. The fourth-order valence-corrected chi connectivity index (χ4v) is 2.99. The summed E-state index contributed by atoms with van der Waals surface area (Å²) in [6, 6.07) is 8.12. The molecule has 102 valence electrons. The van der Waals surface area contributed by atoms with E-state index in [1.54, 1.807) is 11.3 Å². The first-order valence-electron chi connectivity index (χ1n) is 6.10. The van der Waals surface area contributed by atoms with Crippen molar-refractivity contribution in [3.8, 4) is 0 Å². The molecule has 0 amide bonds. The lowest BCUT2D eigenvalue weighted by Crippen LogP contribution is -2.32. The number of thiazole rings is 1. The Hall–Kier alpha value is -1.66. The Balaban J connectivity index is 2.00. The number of para-hydroxylation sites is 1. The van der Waals surface area contributed by atoms with Gasteiger partial charge in [-0.1, -0.05) is 24.2 Å². The third kappa shape index (κ3) is 3.42. The predicted molar refractivity (Wildman–Crippen MR) is 78.5 cm³/mol. The van der Waals surface area contributed by atoms with Crippen molar-refractivity contribution in [1.82, 2.24) is 9.88 Å². The molecular weight excluding hydrogens is 260 g/mol. The van der Waals surface area contributed by atoms with Crippen molar-refractivity contribution >= 4 is 27.4 Å². The molecule has 0 saturated carbocycles. The van der Waals surface area contributed by atoms with Crippen LogP contribution in [0.2, 0.25) is 0 Å². The van der Waals surface area contributed by atoms with Gasteiger partial charge in [-0.05, 0) is 19.2 Å².